The van der Waals surface area contributed by atoms with Crippen molar-refractivity contribution in [3.8, 4) is 0 Å². The molecule has 0 saturated carbocycles. The number of amides is 4. The highest BCUT2D eigenvalue weighted by Crippen LogP contribution is 2.39. The Morgan fingerprint density at radius 2 is 1.21 bits per heavy atom. The zero-order valence-corrected chi connectivity index (χ0v) is 24.5. The molecule has 4 saturated heterocycles. The first-order valence-electron chi connectivity index (χ1n) is 14.2. The molecule has 6 heterocycles. The maximum absolute atomic E-state index is 11.9. The van der Waals surface area contributed by atoms with E-state index in [4.69, 9.17) is 35.2 Å². The van der Waals surface area contributed by atoms with E-state index in [1.807, 2.05) is 4.98 Å². The van der Waals surface area contributed by atoms with E-state index < -0.39 is 108 Å². The predicted octanol–water partition coefficient (Wildman–Crippen LogP) is -6.02. The predicted molar refractivity (Wildman–Crippen MR) is 152 cm³/mol. The number of carbonyl (C=O) groups excluding carboxylic acids is 2. The van der Waals surface area contributed by atoms with Crippen molar-refractivity contribution >= 4 is 12.1 Å². The molecule has 0 aromatic carbocycles. The first-order valence-corrected chi connectivity index (χ1v) is 14.2. The molecule has 22 heteroatoms. The van der Waals surface area contributed by atoms with E-state index in [1.165, 1.54) is 13.3 Å². The molecule has 0 bridgehead atoms. The van der Waals surface area contributed by atoms with E-state index in [0.29, 0.717) is 0 Å². The van der Waals surface area contributed by atoms with Crippen LogP contribution in [0.25, 0.3) is 0 Å². The quantitative estimate of drug-likeness (QED) is 0.141. The van der Waals surface area contributed by atoms with Crippen molar-refractivity contribution in [1.82, 2.24) is 30.6 Å². The Labute approximate surface area is 261 Å². The molecule has 47 heavy (non-hydrogen) atoms. The van der Waals surface area contributed by atoms with Gasteiger partial charge in [-0.05, 0) is 0 Å². The zero-order chi connectivity index (χ0) is 34.2. The lowest BCUT2D eigenvalue weighted by atomic mass is 9.94. The van der Waals surface area contributed by atoms with Gasteiger partial charge in [-0.25, -0.2) is 19.2 Å². The van der Waals surface area contributed by atoms with Crippen molar-refractivity contribution in [1.29, 1.82) is 0 Å². The fourth-order valence-electron chi connectivity index (χ4n) is 6.08. The average Bonchev–Trinajstić information content (AvgIpc) is 3.51. The van der Waals surface area contributed by atoms with Crippen LogP contribution in [0.1, 0.15) is 23.3 Å². The van der Waals surface area contributed by atoms with Crippen LogP contribution in [-0.2, 0) is 23.7 Å². The van der Waals surface area contributed by atoms with Gasteiger partial charge in [0.15, 0.2) is 0 Å². The number of H-pyrrole nitrogens is 4. The van der Waals surface area contributed by atoms with Crippen LogP contribution < -0.4 is 44.6 Å². The Bertz CT molecular complexity index is 1690. The molecule has 12 atom stereocenters. The Balaban J connectivity index is 0.000000185. The first-order chi connectivity index (χ1) is 22.3. The number of primary amides is 2. The minimum atomic E-state index is -1.23. The molecule has 258 valence electrons. The topological polar surface area (TPSA) is 349 Å². The molecule has 6 rings (SSSR count). The Morgan fingerprint density at radius 1 is 0.766 bits per heavy atom. The van der Waals surface area contributed by atoms with Crippen LogP contribution in [0.5, 0.6) is 0 Å². The van der Waals surface area contributed by atoms with Crippen LogP contribution in [-0.4, -0.2) is 129 Å². The van der Waals surface area contributed by atoms with Crippen LogP contribution in [0.3, 0.4) is 0 Å². The minimum absolute atomic E-state index is 0.00224. The highest BCUT2D eigenvalue weighted by molar-refractivity contribution is 5.72. The minimum Gasteiger partial charge on any atom is -0.388 e. The molecule has 4 aliphatic heterocycles. The number of aliphatic hydroxyl groups excluding tert-OH is 3. The summed E-state index contributed by atoms with van der Waals surface area (Å²) in [6.07, 6.45) is -7.15. The molecule has 0 radical (unpaired) electrons. The van der Waals surface area contributed by atoms with E-state index in [9.17, 15) is 44.1 Å². The summed E-state index contributed by atoms with van der Waals surface area (Å²) < 4.78 is 27.6. The van der Waals surface area contributed by atoms with Crippen LogP contribution in [0.2, 0.25) is 0 Å². The number of rotatable bonds is 5. The molecule has 2 aromatic rings. The fourth-order valence-corrected chi connectivity index (χ4v) is 6.08. The van der Waals surface area contributed by atoms with Crippen LogP contribution in [0.15, 0.2) is 31.6 Å². The molecule has 13 N–H and O–H groups in total. The van der Waals surface area contributed by atoms with E-state index >= 15 is 0 Å². The highest BCUT2D eigenvalue weighted by Gasteiger charge is 2.55. The number of carbonyl (C=O) groups is 2. The van der Waals surface area contributed by atoms with Crippen molar-refractivity contribution in [3.63, 3.8) is 0 Å². The number of aromatic nitrogens is 4. The van der Waals surface area contributed by atoms with Gasteiger partial charge in [0.1, 0.15) is 61.0 Å². The van der Waals surface area contributed by atoms with Crippen molar-refractivity contribution < 1.29 is 48.6 Å². The van der Waals surface area contributed by atoms with Gasteiger partial charge in [0.05, 0.1) is 36.4 Å². The van der Waals surface area contributed by atoms with Crippen LogP contribution >= 0.6 is 0 Å². The summed E-state index contributed by atoms with van der Waals surface area (Å²) in [5, 5.41) is 35.6. The van der Waals surface area contributed by atoms with Crippen molar-refractivity contribution in [2.24, 2.45) is 11.5 Å². The molecule has 4 fully saturated rings. The van der Waals surface area contributed by atoms with Gasteiger partial charge in [-0.3, -0.25) is 19.6 Å². The molecule has 22 nitrogen and oxygen atoms in total. The standard InChI is InChI=1S/C13H18N4O7.C12H16N4O7/c1-22-5-3-23-10-7(18)8(4-2-15-13(21)17-11(4)19)24-9(10)6(5)16-12(14)20;13-11(20)15-5-4(17)2-22-9-6(18)7(23-8(5)9)3-1-14-12(21)16-10(3)19/h2,5-10,18H,3H2,1H3,(H3,14,16,20)(H2,15,17,19,21);1,4-9,17-18H,2H2,(H3,13,15,20)(H2,14,16,19,21)/t5-,6-,7+,8+,9-,10+;4-,5-,6+,7+,8-,9+/m11/s1. The zero-order valence-electron chi connectivity index (χ0n) is 24.5. The van der Waals surface area contributed by atoms with Crippen LogP contribution in [0.4, 0.5) is 9.59 Å². The van der Waals surface area contributed by atoms with E-state index in [0.717, 1.165) is 6.20 Å². The highest BCUT2D eigenvalue weighted by atomic mass is 16.6. The van der Waals surface area contributed by atoms with Gasteiger partial charge in [-0.2, -0.15) is 0 Å². The third kappa shape index (κ3) is 6.84. The molecule has 4 amide bonds. The Hall–Kier alpha value is -4.42. The summed E-state index contributed by atoms with van der Waals surface area (Å²) in [5.41, 5.74) is 7.56. The lowest BCUT2D eigenvalue weighted by molar-refractivity contribution is -0.143. The lowest BCUT2D eigenvalue weighted by Gasteiger charge is -2.38. The summed E-state index contributed by atoms with van der Waals surface area (Å²) in [6.45, 7) is -0.0288. The number of nitrogens with two attached hydrogens (primary N) is 2. The van der Waals surface area contributed by atoms with Gasteiger partial charge < -0.3 is 71.1 Å². The van der Waals surface area contributed by atoms with Crippen molar-refractivity contribution in [2.75, 3.05) is 20.3 Å². The lowest BCUT2D eigenvalue weighted by Crippen LogP contribution is -2.62. The summed E-state index contributed by atoms with van der Waals surface area (Å²) >= 11 is 0. The molecule has 0 aliphatic carbocycles. The second-order valence-electron chi connectivity index (χ2n) is 11.1. The van der Waals surface area contributed by atoms with E-state index in [2.05, 4.69) is 25.6 Å². The van der Waals surface area contributed by atoms with E-state index in [1.54, 1.807) is 0 Å². The average molecular weight is 671 g/mol. The summed E-state index contributed by atoms with van der Waals surface area (Å²) in [5.74, 6) is 0. The normalized spacial score (nSPS) is 35.9. The number of methoxy groups -OCH3 is 1. The molecule has 2 aromatic heterocycles. The second-order valence-corrected chi connectivity index (χ2v) is 11.1. The first kappa shape index (κ1) is 33.9. The van der Waals surface area contributed by atoms with Gasteiger partial charge in [0, 0.05) is 19.5 Å². The maximum Gasteiger partial charge on any atom is 0.325 e. The SMILES string of the molecule is CO[C@@H]1CO[C@H]2[C@@H](O)[C@H](c3c[nH]c(=O)[nH]c3=O)O[C@@H]2[C@@H]1NC(N)=O.NC(=O)N[C@H]1[C@H]2O[C@@H](c3c[nH]c(=O)[nH]c3=O)[C@H](O)[C@@H]2OC[C@H]1O. The molecule has 0 spiro atoms. The molecular weight excluding hydrogens is 636 g/mol. The molecule has 4 aliphatic rings. The maximum atomic E-state index is 11.9. The number of ether oxygens (including phenoxy) is 5. The van der Waals surface area contributed by atoms with Gasteiger partial charge >= 0.3 is 23.4 Å². The van der Waals surface area contributed by atoms with Gasteiger partial charge in [-0.15, -0.1) is 0 Å². The number of hydrogen-bond donors (Lipinski definition) is 11. The van der Waals surface area contributed by atoms with Crippen molar-refractivity contribution in [3.05, 3.63) is 65.2 Å². The number of nitrogens with one attached hydrogen (secondary N) is 6. The number of hydrogen-bond acceptors (Lipinski definition) is 14. The Morgan fingerprint density at radius 3 is 1.66 bits per heavy atom. The van der Waals surface area contributed by atoms with Gasteiger partial charge in [0.25, 0.3) is 11.1 Å². The van der Waals surface area contributed by atoms with Crippen LogP contribution in [0, 0.1) is 0 Å². The van der Waals surface area contributed by atoms with E-state index in [-0.39, 0.29) is 24.3 Å². The van der Waals surface area contributed by atoms with Gasteiger partial charge in [0.2, 0.25) is 0 Å². The summed E-state index contributed by atoms with van der Waals surface area (Å²) in [6, 6.07) is -3.19. The fraction of sp³-hybridized carbons (Fsp3) is 0.600. The smallest absolute Gasteiger partial charge is 0.325 e. The number of aromatic amines is 4. The third-order valence-electron chi connectivity index (χ3n) is 8.21. The third-order valence-corrected chi connectivity index (χ3v) is 8.21. The second kappa shape index (κ2) is 13.7. The van der Waals surface area contributed by atoms with Crippen molar-refractivity contribution in [2.45, 2.75) is 73.1 Å². The number of aliphatic hydroxyl groups is 3. The number of fused-ring (bicyclic) bond motifs is 2. The molecule has 0 unspecified atom stereocenters. The summed E-state index contributed by atoms with van der Waals surface area (Å²) in [4.78, 5) is 77.0. The summed E-state index contributed by atoms with van der Waals surface area (Å²) in [7, 11) is 1.44. The van der Waals surface area contributed by atoms with Gasteiger partial charge in [-0.1, -0.05) is 0 Å². The Kier molecular flexibility index (Phi) is 9.92. The largest absolute Gasteiger partial charge is 0.388 e. The monoisotopic (exact) mass is 670 g/mol. The number of urea groups is 2. The molecular formula is C25H34N8O14.